The fourth-order valence-electron chi connectivity index (χ4n) is 2.45. The number of aryl methyl sites for hydroxylation is 1. The molecule has 0 unspecified atom stereocenters. The number of hydrogen-bond donors (Lipinski definition) is 1. The molecule has 1 saturated heterocycles. The van der Waals surface area contributed by atoms with Crippen LogP contribution in [0.2, 0.25) is 0 Å². The van der Waals surface area contributed by atoms with Gasteiger partial charge in [0.05, 0.1) is 5.60 Å². The van der Waals surface area contributed by atoms with E-state index >= 15 is 0 Å². The molecule has 0 amide bonds. The minimum Gasteiger partial charge on any atom is -0.389 e. The molecule has 0 atom stereocenters. The third-order valence-electron chi connectivity index (χ3n) is 3.72. The van der Waals surface area contributed by atoms with Gasteiger partial charge in [-0.05, 0) is 26.3 Å². The van der Waals surface area contributed by atoms with Crippen LogP contribution < -0.4 is 0 Å². The number of hydrogen-bond acceptors (Lipinski definition) is 4. The lowest BCUT2D eigenvalue weighted by atomic mass is 9.88. The fraction of sp³-hybridized carbons (Fsp3) is 0.833. The summed E-state index contributed by atoms with van der Waals surface area (Å²) in [6.45, 7) is 8.05. The predicted octanol–water partition coefficient (Wildman–Crippen LogP) is 0.687. The summed E-state index contributed by atoms with van der Waals surface area (Å²) in [6, 6.07) is 0. The van der Waals surface area contributed by atoms with Crippen LogP contribution in [0.3, 0.4) is 0 Å². The number of piperidine rings is 1. The van der Waals surface area contributed by atoms with Gasteiger partial charge < -0.3 is 10.0 Å². The van der Waals surface area contributed by atoms with E-state index in [1.807, 2.05) is 11.6 Å². The minimum absolute atomic E-state index is 0.592. The Bertz CT molecular complexity index is 355. The van der Waals surface area contributed by atoms with Crippen LogP contribution in [0.25, 0.3) is 0 Å². The molecule has 1 N–H and O–H groups in total. The topological polar surface area (TPSA) is 54.2 Å². The zero-order valence-electron chi connectivity index (χ0n) is 10.8. The molecule has 5 nitrogen and oxygen atoms in total. The van der Waals surface area contributed by atoms with Crippen LogP contribution in [0.5, 0.6) is 0 Å². The molecule has 1 aliphatic heterocycles. The average molecular weight is 238 g/mol. The molecule has 17 heavy (non-hydrogen) atoms. The maximum Gasteiger partial charge on any atom is 0.138 e. The molecule has 0 saturated carbocycles. The third-order valence-corrected chi connectivity index (χ3v) is 3.72. The summed E-state index contributed by atoms with van der Waals surface area (Å²) in [5.41, 5.74) is -0.592. The maximum atomic E-state index is 10.6. The van der Waals surface area contributed by atoms with Crippen LogP contribution in [-0.2, 0) is 13.0 Å². The quantitative estimate of drug-likeness (QED) is 0.838. The van der Waals surface area contributed by atoms with Crippen molar-refractivity contribution >= 4 is 0 Å². The SMILES string of the molecule is CCN1CCC(O)(Cc2ncnn2CC)CC1. The van der Waals surface area contributed by atoms with Gasteiger partial charge in [-0.3, -0.25) is 4.68 Å². The zero-order chi connectivity index (χ0) is 12.3. The summed E-state index contributed by atoms with van der Waals surface area (Å²) < 4.78 is 1.87. The van der Waals surface area contributed by atoms with Gasteiger partial charge in [0.2, 0.25) is 0 Å². The molecule has 0 radical (unpaired) electrons. The lowest BCUT2D eigenvalue weighted by Gasteiger charge is -2.37. The second kappa shape index (κ2) is 5.14. The second-order valence-electron chi connectivity index (χ2n) is 4.83. The van der Waals surface area contributed by atoms with Gasteiger partial charge >= 0.3 is 0 Å². The molecule has 2 rings (SSSR count). The molecule has 5 heteroatoms. The Balaban J connectivity index is 1.99. The molecule has 96 valence electrons. The molecule has 1 aliphatic rings. The van der Waals surface area contributed by atoms with Crippen molar-refractivity contribution < 1.29 is 5.11 Å². The van der Waals surface area contributed by atoms with E-state index in [4.69, 9.17) is 0 Å². The molecule has 0 aromatic carbocycles. The second-order valence-corrected chi connectivity index (χ2v) is 4.83. The van der Waals surface area contributed by atoms with Crippen LogP contribution in [0.15, 0.2) is 6.33 Å². The van der Waals surface area contributed by atoms with E-state index in [1.54, 1.807) is 6.33 Å². The van der Waals surface area contributed by atoms with Gasteiger partial charge in [-0.1, -0.05) is 6.92 Å². The van der Waals surface area contributed by atoms with E-state index in [1.165, 1.54) is 0 Å². The Labute approximate surface area is 102 Å². The molecule has 0 bridgehead atoms. The van der Waals surface area contributed by atoms with Crippen LogP contribution in [0, 0.1) is 0 Å². The first-order valence-corrected chi connectivity index (χ1v) is 6.48. The van der Waals surface area contributed by atoms with E-state index < -0.39 is 5.60 Å². The van der Waals surface area contributed by atoms with Gasteiger partial charge in [0.15, 0.2) is 0 Å². The number of likely N-dealkylation sites (tertiary alicyclic amines) is 1. The third kappa shape index (κ3) is 2.84. The summed E-state index contributed by atoms with van der Waals surface area (Å²) in [7, 11) is 0. The normalized spacial score (nSPS) is 20.6. The number of aromatic nitrogens is 3. The highest BCUT2D eigenvalue weighted by molar-refractivity contribution is 4.97. The monoisotopic (exact) mass is 238 g/mol. The van der Waals surface area contributed by atoms with E-state index in [0.717, 1.165) is 44.8 Å². The van der Waals surface area contributed by atoms with Crippen LogP contribution in [0.4, 0.5) is 0 Å². The first-order valence-electron chi connectivity index (χ1n) is 6.48. The van der Waals surface area contributed by atoms with E-state index in [0.29, 0.717) is 6.42 Å². The highest BCUT2D eigenvalue weighted by Crippen LogP contribution is 2.25. The van der Waals surface area contributed by atoms with Crippen molar-refractivity contribution in [3.63, 3.8) is 0 Å². The van der Waals surface area contributed by atoms with E-state index in [2.05, 4.69) is 21.9 Å². The van der Waals surface area contributed by atoms with Crippen molar-refractivity contribution in [1.29, 1.82) is 0 Å². The summed E-state index contributed by atoms with van der Waals surface area (Å²) in [5, 5.41) is 14.7. The molecular formula is C12H22N4O. The first kappa shape index (κ1) is 12.5. The van der Waals surface area contributed by atoms with Crippen molar-refractivity contribution in [1.82, 2.24) is 19.7 Å². The van der Waals surface area contributed by atoms with Gasteiger partial charge in [-0.25, -0.2) is 4.98 Å². The Hall–Kier alpha value is -0.940. The predicted molar refractivity (Wildman–Crippen MR) is 65.7 cm³/mol. The van der Waals surface area contributed by atoms with Gasteiger partial charge in [0.25, 0.3) is 0 Å². The van der Waals surface area contributed by atoms with E-state index in [9.17, 15) is 5.11 Å². The summed E-state index contributed by atoms with van der Waals surface area (Å²) in [5.74, 6) is 0.903. The lowest BCUT2D eigenvalue weighted by molar-refractivity contribution is -0.0215. The molecule has 0 spiro atoms. The molecule has 2 heterocycles. The standard InChI is InChI=1S/C12H22N4O/c1-3-15-7-5-12(17,6-8-15)9-11-13-10-14-16(11)4-2/h10,17H,3-9H2,1-2H3. The molecule has 1 aromatic rings. The van der Waals surface area contributed by atoms with Crippen molar-refractivity contribution in [2.45, 2.75) is 45.3 Å². The van der Waals surface area contributed by atoms with Crippen molar-refractivity contribution in [2.24, 2.45) is 0 Å². The number of nitrogens with zero attached hydrogens (tertiary/aromatic N) is 4. The lowest BCUT2D eigenvalue weighted by Crippen LogP contribution is -2.45. The van der Waals surface area contributed by atoms with Crippen molar-refractivity contribution in [3.8, 4) is 0 Å². The molecule has 0 aliphatic carbocycles. The molecule has 1 fully saturated rings. The first-order chi connectivity index (χ1) is 8.17. The number of aliphatic hydroxyl groups is 1. The highest BCUT2D eigenvalue weighted by atomic mass is 16.3. The summed E-state index contributed by atoms with van der Waals surface area (Å²) >= 11 is 0. The fourth-order valence-corrected chi connectivity index (χ4v) is 2.45. The molecular weight excluding hydrogens is 216 g/mol. The highest BCUT2D eigenvalue weighted by Gasteiger charge is 2.33. The van der Waals surface area contributed by atoms with Crippen LogP contribution in [-0.4, -0.2) is 50.0 Å². The number of rotatable bonds is 4. The Morgan fingerprint density at radius 3 is 2.59 bits per heavy atom. The summed E-state index contributed by atoms with van der Waals surface area (Å²) in [6.07, 6.45) is 3.86. The van der Waals surface area contributed by atoms with Crippen LogP contribution in [0.1, 0.15) is 32.5 Å². The van der Waals surface area contributed by atoms with Gasteiger partial charge in [0.1, 0.15) is 12.2 Å². The van der Waals surface area contributed by atoms with E-state index in [-0.39, 0.29) is 0 Å². The smallest absolute Gasteiger partial charge is 0.138 e. The molecule has 1 aromatic heterocycles. The van der Waals surface area contributed by atoms with Gasteiger partial charge in [-0.2, -0.15) is 5.10 Å². The van der Waals surface area contributed by atoms with Crippen molar-refractivity contribution in [2.75, 3.05) is 19.6 Å². The average Bonchev–Trinajstić information content (AvgIpc) is 2.77. The summed E-state index contributed by atoms with van der Waals surface area (Å²) in [4.78, 5) is 6.62. The Morgan fingerprint density at radius 2 is 2.00 bits per heavy atom. The minimum atomic E-state index is -0.592. The van der Waals surface area contributed by atoms with Gasteiger partial charge in [0, 0.05) is 26.1 Å². The Morgan fingerprint density at radius 1 is 1.29 bits per heavy atom. The Kier molecular flexibility index (Phi) is 3.79. The maximum absolute atomic E-state index is 10.6. The zero-order valence-corrected chi connectivity index (χ0v) is 10.8. The van der Waals surface area contributed by atoms with Gasteiger partial charge in [-0.15, -0.1) is 0 Å². The van der Waals surface area contributed by atoms with Crippen molar-refractivity contribution in [3.05, 3.63) is 12.2 Å². The largest absolute Gasteiger partial charge is 0.389 e. The van der Waals surface area contributed by atoms with Crippen LogP contribution >= 0.6 is 0 Å².